The average molecular weight is 394 g/mol. The van der Waals surface area contributed by atoms with E-state index in [1.807, 2.05) is 19.9 Å². The number of nitrogens with zero attached hydrogens (tertiary/aromatic N) is 2. The Balaban J connectivity index is 2.20. The van der Waals surface area contributed by atoms with Crippen LogP contribution in [-0.4, -0.2) is 24.5 Å². The van der Waals surface area contributed by atoms with E-state index in [1.54, 1.807) is 12.1 Å². The van der Waals surface area contributed by atoms with Crippen molar-refractivity contribution < 1.29 is 21.6 Å². The van der Waals surface area contributed by atoms with Crippen molar-refractivity contribution in [1.82, 2.24) is 9.78 Å². The van der Waals surface area contributed by atoms with Crippen molar-refractivity contribution >= 4 is 9.84 Å². The van der Waals surface area contributed by atoms with Gasteiger partial charge in [-0.2, -0.15) is 5.10 Å². The van der Waals surface area contributed by atoms with Crippen LogP contribution in [0, 0.1) is 19.7 Å². The van der Waals surface area contributed by atoms with Crippen LogP contribution in [0.2, 0.25) is 0 Å². The molecule has 0 atom stereocenters. The molecule has 0 radical (unpaired) electrons. The maximum atomic E-state index is 14.3. The largest absolute Gasteiger partial charge is 0.282 e. The number of sulfone groups is 1. The molecule has 0 N–H and O–H groups in total. The molecule has 0 aliphatic carbocycles. The lowest BCUT2D eigenvalue weighted by atomic mass is 10.1. The van der Waals surface area contributed by atoms with Crippen LogP contribution in [0.3, 0.4) is 0 Å². The third kappa shape index (κ3) is 3.75. The van der Waals surface area contributed by atoms with Gasteiger partial charge in [0.25, 0.3) is 6.43 Å². The van der Waals surface area contributed by atoms with E-state index < -0.39 is 32.7 Å². The molecule has 1 heterocycles. The highest BCUT2D eigenvalue weighted by atomic mass is 32.2. The average Bonchev–Trinajstić information content (AvgIpc) is 3.01. The second kappa shape index (κ2) is 6.84. The zero-order valence-electron chi connectivity index (χ0n) is 14.9. The van der Waals surface area contributed by atoms with Gasteiger partial charge in [0.15, 0.2) is 9.84 Å². The molecule has 0 aliphatic heterocycles. The fourth-order valence-corrected chi connectivity index (χ4v) is 3.46. The van der Waals surface area contributed by atoms with Crippen LogP contribution in [0.1, 0.15) is 23.2 Å². The van der Waals surface area contributed by atoms with E-state index in [-0.39, 0.29) is 11.3 Å². The van der Waals surface area contributed by atoms with Gasteiger partial charge in [-0.15, -0.1) is 0 Å². The number of aromatic nitrogens is 2. The van der Waals surface area contributed by atoms with E-state index in [9.17, 15) is 21.6 Å². The van der Waals surface area contributed by atoms with Crippen molar-refractivity contribution in [2.75, 3.05) is 6.26 Å². The van der Waals surface area contributed by atoms with Gasteiger partial charge in [-0.05, 0) is 55.3 Å². The zero-order chi connectivity index (χ0) is 19.9. The summed E-state index contributed by atoms with van der Waals surface area (Å²) in [7, 11) is -3.73. The molecule has 8 heteroatoms. The van der Waals surface area contributed by atoms with Crippen molar-refractivity contribution in [1.29, 1.82) is 0 Å². The number of aryl methyl sites for hydroxylation is 2. The van der Waals surface area contributed by atoms with Gasteiger partial charge >= 0.3 is 0 Å². The summed E-state index contributed by atoms with van der Waals surface area (Å²) in [6, 6.07) is 10.1. The SMILES string of the molecule is Cc1ccc(-n2nc(C(F)F)cc2-c2ccc(S(C)(=O)=O)c(F)c2)cc1C. The van der Waals surface area contributed by atoms with Crippen LogP contribution in [0.15, 0.2) is 47.4 Å². The highest BCUT2D eigenvalue weighted by Crippen LogP contribution is 2.30. The summed E-state index contributed by atoms with van der Waals surface area (Å²) >= 11 is 0. The predicted molar refractivity (Wildman–Crippen MR) is 96.5 cm³/mol. The number of hydrogen-bond donors (Lipinski definition) is 0. The number of hydrogen-bond acceptors (Lipinski definition) is 3. The van der Waals surface area contributed by atoms with E-state index in [4.69, 9.17) is 0 Å². The standard InChI is InChI=1S/C19H17F3N2O2S/c1-11-4-6-14(8-12(11)2)24-17(10-16(23-24)19(21)22)13-5-7-18(15(20)9-13)27(3,25)26/h4-10,19H,1-3H3. The molecule has 0 spiro atoms. The Hall–Kier alpha value is -2.61. The first-order valence-corrected chi connectivity index (χ1v) is 9.93. The van der Waals surface area contributed by atoms with Crippen molar-refractivity contribution in [2.24, 2.45) is 0 Å². The molecule has 4 nitrogen and oxygen atoms in total. The lowest BCUT2D eigenvalue weighted by Crippen LogP contribution is -2.03. The van der Waals surface area contributed by atoms with Crippen molar-refractivity contribution in [2.45, 2.75) is 25.2 Å². The molecule has 3 rings (SSSR count). The van der Waals surface area contributed by atoms with Crippen molar-refractivity contribution in [3.05, 3.63) is 65.1 Å². The first kappa shape index (κ1) is 19.2. The molecule has 0 saturated carbocycles. The Morgan fingerprint density at radius 3 is 2.26 bits per heavy atom. The minimum atomic E-state index is -3.73. The summed E-state index contributed by atoms with van der Waals surface area (Å²) in [5, 5.41) is 3.95. The molecule has 2 aromatic carbocycles. The topological polar surface area (TPSA) is 52.0 Å². The summed E-state index contributed by atoms with van der Waals surface area (Å²) in [6.07, 6.45) is -1.89. The van der Waals surface area contributed by atoms with Crippen molar-refractivity contribution in [3.8, 4) is 16.9 Å². The summed E-state index contributed by atoms with van der Waals surface area (Å²) in [5.74, 6) is -0.943. The molecule has 1 aromatic heterocycles. The number of alkyl halides is 2. The fraction of sp³-hybridized carbons (Fsp3) is 0.211. The summed E-state index contributed by atoms with van der Waals surface area (Å²) < 4.78 is 65.2. The number of benzene rings is 2. The van der Waals surface area contributed by atoms with Gasteiger partial charge in [0.05, 0.1) is 11.4 Å². The molecule has 0 fully saturated rings. The van der Waals surface area contributed by atoms with Gasteiger partial charge < -0.3 is 0 Å². The van der Waals surface area contributed by atoms with E-state index in [2.05, 4.69) is 5.10 Å². The van der Waals surface area contributed by atoms with Crippen LogP contribution in [-0.2, 0) is 9.84 Å². The van der Waals surface area contributed by atoms with Crippen LogP contribution in [0.5, 0.6) is 0 Å². The third-order valence-corrected chi connectivity index (χ3v) is 5.44. The summed E-state index contributed by atoms with van der Waals surface area (Å²) in [5.41, 5.74) is 2.57. The lowest BCUT2D eigenvalue weighted by Gasteiger charge is -2.10. The first-order valence-electron chi connectivity index (χ1n) is 8.03. The van der Waals surface area contributed by atoms with Crippen LogP contribution in [0.25, 0.3) is 16.9 Å². The van der Waals surface area contributed by atoms with Crippen molar-refractivity contribution in [3.63, 3.8) is 0 Å². The molecule has 27 heavy (non-hydrogen) atoms. The maximum absolute atomic E-state index is 14.3. The molecule has 142 valence electrons. The number of halogens is 3. The molecule has 0 unspecified atom stereocenters. The summed E-state index contributed by atoms with van der Waals surface area (Å²) in [6.45, 7) is 3.81. The number of rotatable bonds is 4. The van der Waals surface area contributed by atoms with Crippen LogP contribution >= 0.6 is 0 Å². The minimum absolute atomic E-state index is 0.243. The minimum Gasteiger partial charge on any atom is -0.233 e. The maximum Gasteiger partial charge on any atom is 0.282 e. The zero-order valence-corrected chi connectivity index (χ0v) is 15.7. The van der Waals surface area contributed by atoms with Crippen LogP contribution in [0.4, 0.5) is 13.2 Å². The molecule has 0 saturated heterocycles. The second-order valence-corrected chi connectivity index (χ2v) is 8.34. The van der Waals surface area contributed by atoms with E-state index in [0.717, 1.165) is 29.5 Å². The Bertz CT molecular complexity index is 1120. The van der Waals surface area contributed by atoms with Gasteiger partial charge in [0, 0.05) is 11.8 Å². The molecule has 0 bridgehead atoms. The normalized spacial score (nSPS) is 12.0. The molecule has 0 amide bonds. The first-order chi connectivity index (χ1) is 12.6. The smallest absolute Gasteiger partial charge is 0.233 e. The molecular weight excluding hydrogens is 377 g/mol. The highest BCUT2D eigenvalue weighted by Gasteiger charge is 2.20. The third-order valence-electron chi connectivity index (χ3n) is 4.31. The van der Waals surface area contributed by atoms with Gasteiger partial charge in [0.1, 0.15) is 16.4 Å². The summed E-state index contributed by atoms with van der Waals surface area (Å²) in [4.78, 5) is -0.447. The Morgan fingerprint density at radius 2 is 1.70 bits per heavy atom. The quantitative estimate of drug-likeness (QED) is 0.648. The van der Waals surface area contributed by atoms with E-state index >= 15 is 0 Å². The Morgan fingerprint density at radius 1 is 1.00 bits per heavy atom. The van der Waals surface area contributed by atoms with Gasteiger partial charge in [0.2, 0.25) is 0 Å². The van der Waals surface area contributed by atoms with E-state index in [0.29, 0.717) is 5.69 Å². The second-order valence-electron chi connectivity index (χ2n) is 6.35. The van der Waals surface area contributed by atoms with Gasteiger partial charge in [-0.1, -0.05) is 12.1 Å². The molecule has 0 aliphatic rings. The molecular formula is C19H17F3N2O2S. The molecule has 3 aromatic rings. The highest BCUT2D eigenvalue weighted by molar-refractivity contribution is 7.90. The Kier molecular flexibility index (Phi) is 4.86. The fourth-order valence-electron chi connectivity index (χ4n) is 2.73. The van der Waals surface area contributed by atoms with Gasteiger partial charge in [-0.3, -0.25) is 0 Å². The van der Waals surface area contributed by atoms with Gasteiger partial charge in [-0.25, -0.2) is 26.3 Å². The lowest BCUT2D eigenvalue weighted by molar-refractivity contribution is 0.145. The Labute approximate surface area is 155 Å². The monoisotopic (exact) mass is 394 g/mol. The van der Waals surface area contributed by atoms with E-state index in [1.165, 1.54) is 16.8 Å². The van der Waals surface area contributed by atoms with Crippen LogP contribution < -0.4 is 0 Å². The predicted octanol–water partition coefficient (Wildman–Crippen LogP) is 4.64.